The lowest BCUT2D eigenvalue weighted by Crippen LogP contribution is -2.27. The van der Waals surface area contributed by atoms with Gasteiger partial charge in [-0.15, -0.1) is 11.3 Å². The zero-order chi connectivity index (χ0) is 14.8. The summed E-state index contributed by atoms with van der Waals surface area (Å²) in [5, 5.41) is 0. The third-order valence-corrected chi connectivity index (χ3v) is 5.77. The van der Waals surface area contributed by atoms with E-state index in [0.29, 0.717) is 22.9 Å². The first-order chi connectivity index (χ1) is 9.40. The quantitative estimate of drug-likeness (QED) is 0.828. The van der Waals surface area contributed by atoms with Gasteiger partial charge in [-0.05, 0) is 37.1 Å². The van der Waals surface area contributed by atoms with E-state index in [0.717, 1.165) is 4.88 Å². The van der Waals surface area contributed by atoms with Crippen LogP contribution in [-0.2, 0) is 16.4 Å². The molecule has 2 aromatic rings. The van der Waals surface area contributed by atoms with Crippen LogP contribution in [0.25, 0.3) is 0 Å². The molecule has 0 aliphatic heterocycles. The molecule has 0 radical (unpaired) electrons. The number of anilines is 1. The maximum Gasteiger partial charge on any atom is 0.242 e. The number of nitrogen functional groups attached to an aromatic ring is 1. The number of rotatable bonds is 5. The summed E-state index contributed by atoms with van der Waals surface area (Å²) < 4.78 is 27.8. The van der Waals surface area contributed by atoms with Crippen LogP contribution in [0.5, 0.6) is 0 Å². The van der Waals surface area contributed by atoms with Crippen molar-refractivity contribution in [2.24, 2.45) is 0 Å². The average Bonchev–Trinajstić information content (AvgIpc) is 2.74. The molecule has 1 aromatic heterocycles. The Morgan fingerprint density at radius 3 is 2.65 bits per heavy atom. The Bertz CT molecular complexity index is 691. The average molecular weight is 331 g/mol. The lowest BCUT2D eigenvalue weighted by atomic mass is 10.2. The van der Waals surface area contributed by atoms with Crippen LogP contribution in [0.15, 0.2) is 35.2 Å². The zero-order valence-corrected chi connectivity index (χ0v) is 13.3. The van der Waals surface area contributed by atoms with Crippen molar-refractivity contribution in [1.29, 1.82) is 0 Å². The number of hydrogen-bond acceptors (Lipinski definition) is 4. The van der Waals surface area contributed by atoms with E-state index in [1.165, 1.54) is 11.3 Å². The minimum Gasteiger partial charge on any atom is -0.398 e. The van der Waals surface area contributed by atoms with Crippen LogP contribution in [0.3, 0.4) is 0 Å². The monoisotopic (exact) mass is 330 g/mol. The molecule has 0 atom stereocenters. The normalized spacial score (nSPS) is 11.7. The van der Waals surface area contributed by atoms with E-state index in [1.54, 1.807) is 31.2 Å². The van der Waals surface area contributed by atoms with E-state index in [-0.39, 0.29) is 10.6 Å². The van der Waals surface area contributed by atoms with Gasteiger partial charge in [0.25, 0.3) is 0 Å². The molecule has 0 spiro atoms. The van der Waals surface area contributed by atoms with E-state index in [4.69, 9.17) is 17.3 Å². The molecule has 108 valence electrons. The number of sulfonamides is 1. The Labute approximate surface area is 127 Å². The number of benzene rings is 1. The van der Waals surface area contributed by atoms with Gasteiger partial charge in [0, 0.05) is 11.4 Å². The standard InChI is InChI=1S/C13H15ClN2O2S2/c1-9-3-2-4-11(15)13(9)20(17,18)16-8-7-10-5-6-12(14)19-10/h2-6,16H,7-8,15H2,1H3. The van der Waals surface area contributed by atoms with E-state index < -0.39 is 10.0 Å². The van der Waals surface area contributed by atoms with Crippen molar-refractivity contribution in [3.05, 3.63) is 45.1 Å². The van der Waals surface area contributed by atoms with Gasteiger partial charge >= 0.3 is 0 Å². The van der Waals surface area contributed by atoms with Crippen molar-refractivity contribution < 1.29 is 8.42 Å². The third-order valence-electron chi connectivity index (χ3n) is 2.80. The Hall–Kier alpha value is -1.08. The third kappa shape index (κ3) is 3.52. The van der Waals surface area contributed by atoms with Crippen LogP contribution in [0.2, 0.25) is 4.34 Å². The lowest BCUT2D eigenvalue weighted by molar-refractivity contribution is 0.581. The van der Waals surface area contributed by atoms with Crippen molar-refractivity contribution in [2.45, 2.75) is 18.2 Å². The number of thiophene rings is 1. The van der Waals surface area contributed by atoms with Crippen LogP contribution < -0.4 is 10.5 Å². The van der Waals surface area contributed by atoms with Crippen molar-refractivity contribution in [3.8, 4) is 0 Å². The minimum absolute atomic E-state index is 0.157. The highest BCUT2D eigenvalue weighted by Crippen LogP contribution is 2.23. The van der Waals surface area contributed by atoms with E-state index in [2.05, 4.69) is 4.72 Å². The predicted octanol–water partition coefficient (Wildman–Crippen LogP) is 2.81. The van der Waals surface area contributed by atoms with Crippen molar-refractivity contribution >= 4 is 38.6 Å². The fourth-order valence-corrected chi connectivity index (χ4v) is 4.38. The summed E-state index contributed by atoms with van der Waals surface area (Å²) >= 11 is 7.28. The van der Waals surface area contributed by atoms with Gasteiger partial charge < -0.3 is 5.73 Å². The second kappa shape index (κ2) is 6.13. The lowest BCUT2D eigenvalue weighted by Gasteiger charge is -2.11. The molecular formula is C13H15ClN2O2S2. The van der Waals surface area contributed by atoms with Crippen molar-refractivity contribution in [2.75, 3.05) is 12.3 Å². The van der Waals surface area contributed by atoms with Gasteiger partial charge in [-0.25, -0.2) is 13.1 Å². The first-order valence-electron chi connectivity index (χ1n) is 5.99. The molecule has 0 amide bonds. The van der Waals surface area contributed by atoms with Gasteiger partial charge in [0.2, 0.25) is 10.0 Å². The second-order valence-corrected chi connectivity index (χ2v) is 7.85. The molecular weight excluding hydrogens is 316 g/mol. The number of aryl methyl sites for hydroxylation is 1. The Kier molecular flexibility index (Phi) is 4.70. The maximum absolute atomic E-state index is 12.3. The predicted molar refractivity (Wildman–Crippen MR) is 83.8 cm³/mol. The number of nitrogens with two attached hydrogens (primary N) is 1. The topological polar surface area (TPSA) is 72.2 Å². The fraction of sp³-hybridized carbons (Fsp3) is 0.231. The molecule has 0 saturated carbocycles. The van der Waals surface area contributed by atoms with Crippen molar-refractivity contribution in [1.82, 2.24) is 4.72 Å². The fourth-order valence-electron chi connectivity index (χ4n) is 1.91. The van der Waals surface area contributed by atoms with Gasteiger partial charge in [-0.2, -0.15) is 0 Å². The molecule has 2 rings (SSSR count). The van der Waals surface area contributed by atoms with Gasteiger partial charge in [-0.1, -0.05) is 23.7 Å². The maximum atomic E-state index is 12.3. The van der Waals surface area contributed by atoms with Gasteiger partial charge in [0.15, 0.2) is 0 Å². The smallest absolute Gasteiger partial charge is 0.242 e. The molecule has 0 aliphatic rings. The highest BCUT2D eigenvalue weighted by molar-refractivity contribution is 7.89. The molecule has 1 heterocycles. The second-order valence-electron chi connectivity index (χ2n) is 4.35. The summed E-state index contributed by atoms with van der Waals surface area (Å²) in [4.78, 5) is 1.19. The van der Waals surface area contributed by atoms with Crippen LogP contribution in [-0.4, -0.2) is 15.0 Å². The molecule has 20 heavy (non-hydrogen) atoms. The Balaban J connectivity index is 2.08. The SMILES string of the molecule is Cc1cccc(N)c1S(=O)(=O)NCCc1ccc(Cl)s1. The van der Waals surface area contributed by atoms with Crippen LogP contribution in [0.4, 0.5) is 5.69 Å². The summed E-state index contributed by atoms with van der Waals surface area (Å²) in [6, 6.07) is 8.74. The molecule has 1 aromatic carbocycles. The molecule has 0 fully saturated rings. The van der Waals surface area contributed by atoms with E-state index in [1.807, 2.05) is 6.07 Å². The Morgan fingerprint density at radius 2 is 2.05 bits per heavy atom. The minimum atomic E-state index is -3.59. The molecule has 0 unspecified atom stereocenters. The highest BCUT2D eigenvalue weighted by atomic mass is 35.5. The summed E-state index contributed by atoms with van der Waals surface area (Å²) in [7, 11) is -3.59. The highest BCUT2D eigenvalue weighted by Gasteiger charge is 2.19. The number of nitrogens with one attached hydrogen (secondary N) is 1. The van der Waals surface area contributed by atoms with Gasteiger partial charge in [-0.3, -0.25) is 0 Å². The molecule has 4 nitrogen and oxygen atoms in total. The van der Waals surface area contributed by atoms with Gasteiger partial charge in [0.05, 0.1) is 10.0 Å². The first kappa shape index (κ1) is 15.3. The summed E-state index contributed by atoms with van der Waals surface area (Å²) in [5.74, 6) is 0. The van der Waals surface area contributed by atoms with Crippen LogP contribution in [0, 0.1) is 6.92 Å². The summed E-state index contributed by atoms with van der Waals surface area (Å²) in [6.07, 6.45) is 0.600. The summed E-state index contributed by atoms with van der Waals surface area (Å²) in [5.41, 5.74) is 6.66. The van der Waals surface area contributed by atoms with E-state index >= 15 is 0 Å². The van der Waals surface area contributed by atoms with Crippen molar-refractivity contribution in [3.63, 3.8) is 0 Å². The largest absolute Gasteiger partial charge is 0.398 e. The van der Waals surface area contributed by atoms with Crippen LogP contribution >= 0.6 is 22.9 Å². The van der Waals surface area contributed by atoms with Gasteiger partial charge in [0.1, 0.15) is 4.90 Å². The molecule has 0 saturated heterocycles. The number of hydrogen-bond donors (Lipinski definition) is 2. The zero-order valence-electron chi connectivity index (χ0n) is 10.9. The summed E-state index contributed by atoms with van der Waals surface area (Å²) in [6.45, 7) is 2.04. The molecule has 7 heteroatoms. The first-order valence-corrected chi connectivity index (χ1v) is 8.67. The molecule has 3 N–H and O–H groups in total. The van der Waals surface area contributed by atoms with Crippen LogP contribution in [0.1, 0.15) is 10.4 Å². The van der Waals surface area contributed by atoms with E-state index in [9.17, 15) is 8.42 Å². The number of halogens is 1. The molecule has 0 bridgehead atoms. The molecule has 0 aliphatic carbocycles. The Morgan fingerprint density at radius 1 is 1.30 bits per heavy atom.